The third-order valence-corrected chi connectivity index (χ3v) is 16.2. The van der Waals surface area contributed by atoms with Gasteiger partial charge in [-0.15, -0.1) is 0 Å². The lowest BCUT2D eigenvalue weighted by Gasteiger charge is -2.54. The Morgan fingerprint density at radius 2 is 1.85 bits per heavy atom. The number of hydrogen-bond donors (Lipinski definition) is 2. The molecule has 2 aromatic carbocycles. The Kier molecular flexibility index (Phi) is 10.1. The summed E-state index contributed by atoms with van der Waals surface area (Å²) in [6.07, 6.45) is 7.46. The van der Waals surface area contributed by atoms with Crippen molar-refractivity contribution in [3.05, 3.63) is 58.1 Å². The van der Waals surface area contributed by atoms with Crippen LogP contribution in [0.3, 0.4) is 0 Å². The summed E-state index contributed by atoms with van der Waals surface area (Å²) >= 11 is 6.50. The highest BCUT2D eigenvalue weighted by Crippen LogP contribution is 2.49. The van der Waals surface area contributed by atoms with Crippen LogP contribution in [-0.2, 0) is 26.3 Å². The van der Waals surface area contributed by atoms with Gasteiger partial charge in [0, 0.05) is 73.1 Å². The first-order chi connectivity index (χ1) is 24.9. The van der Waals surface area contributed by atoms with Crippen LogP contribution in [0.4, 0.5) is 5.69 Å². The fourth-order valence-electron chi connectivity index (χ4n) is 10.3. The maximum atomic E-state index is 14.0. The molecular formula is C41H57ClN4O5S. The largest absolute Gasteiger partial charge is 0.490 e. The van der Waals surface area contributed by atoms with Crippen LogP contribution in [0.2, 0.25) is 5.02 Å². The second kappa shape index (κ2) is 14.4. The van der Waals surface area contributed by atoms with E-state index in [4.69, 9.17) is 21.1 Å². The number of β-amino-alcohol motifs (C(OH)–C–C–N with tert-alkyl or cyclic N) is 1. The molecule has 284 valence electrons. The van der Waals surface area contributed by atoms with Gasteiger partial charge in [0.05, 0.1) is 40.8 Å². The number of ether oxygens (including phenoxy) is 2. The standard InChI is InChI=1S/C41H57ClN4O5S/c1-28-6-4-15-41(48,26-44-23-34(24-44)45-16-18-50-19-17-45)36-11-8-32(36)22-46-25-40(14-5-7-30-20-33(42)10-12-35(30)40)27-51-38-13-9-31(21-37(38)46)39(47)43-52(3,49)29(28)2/h9-10,12-13,20-21,28-29,32,34,36,48H,3-8,11,14-19,22-27H2,1-2H3,(H,43,47,49)/t28-,29+,32-,36+,40-,41-,52?/m0/s1. The van der Waals surface area contributed by atoms with E-state index in [2.05, 4.69) is 44.3 Å². The van der Waals surface area contributed by atoms with Gasteiger partial charge in [0.2, 0.25) is 0 Å². The number of aliphatic hydroxyl groups is 1. The SMILES string of the molecule is C=S1(=O)NC(=O)c2ccc3c(c2)N(C[C@@H]2CC[C@H]2[C@@](O)(CN2CC(N4CCOCC4)C2)CCC[C@H](C)[C@H]1C)C[C@@]1(CCCc2cc(Cl)ccc21)CO3. The van der Waals surface area contributed by atoms with E-state index < -0.39 is 15.3 Å². The van der Waals surface area contributed by atoms with Crippen molar-refractivity contribution in [1.82, 2.24) is 14.5 Å². The fourth-order valence-corrected chi connectivity index (χ4v) is 12.0. The van der Waals surface area contributed by atoms with Crippen molar-refractivity contribution in [2.45, 2.75) is 87.5 Å². The number of benzene rings is 2. The molecule has 1 unspecified atom stereocenters. The number of hydrogen-bond acceptors (Lipinski definition) is 8. The Bertz CT molecular complexity index is 1760. The van der Waals surface area contributed by atoms with Crippen LogP contribution in [0.5, 0.6) is 5.75 Å². The predicted molar refractivity (Wildman–Crippen MR) is 209 cm³/mol. The number of nitrogens with zero attached hydrogens (tertiary/aromatic N) is 3. The number of rotatable bonds is 3. The molecule has 11 heteroatoms. The van der Waals surface area contributed by atoms with Crippen LogP contribution in [0.25, 0.3) is 0 Å². The Balaban J connectivity index is 1.13. The molecule has 2 aliphatic carbocycles. The molecule has 2 bridgehead atoms. The molecule has 0 aromatic heterocycles. The van der Waals surface area contributed by atoms with Crippen LogP contribution in [-0.4, -0.2) is 113 Å². The zero-order valence-electron chi connectivity index (χ0n) is 31.0. The lowest BCUT2D eigenvalue weighted by Crippen LogP contribution is -2.66. The van der Waals surface area contributed by atoms with Crippen molar-refractivity contribution in [3.8, 4) is 5.75 Å². The summed E-state index contributed by atoms with van der Waals surface area (Å²) in [6, 6.07) is 12.5. The molecule has 1 amide bonds. The number of nitrogens with one attached hydrogen (secondary N) is 1. The molecule has 6 aliphatic rings. The first-order valence-corrected chi connectivity index (χ1v) is 21.9. The van der Waals surface area contributed by atoms with Crippen molar-refractivity contribution in [2.24, 2.45) is 17.8 Å². The minimum absolute atomic E-state index is 0.0646. The molecule has 2 saturated heterocycles. The highest BCUT2D eigenvalue weighted by Gasteiger charge is 2.50. The summed E-state index contributed by atoms with van der Waals surface area (Å²) < 4.78 is 29.2. The van der Waals surface area contributed by atoms with Gasteiger partial charge in [0.25, 0.3) is 5.91 Å². The number of halogens is 1. The van der Waals surface area contributed by atoms with Gasteiger partial charge >= 0.3 is 0 Å². The van der Waals surface area contributed by atoms with Crippen molar-refractivity contribution in [3.63, 3.8) is 0 Å². The number of likely N-dealkylation sites (tertiary alicyclic amines) is 1. The van der Waals surface area contributed by atoms with E-state index in [9.17, 15) is 14.1 Å². The molecule has 0 radical (unpaired) electrons. The molecule has 1 saturated carbocycles. The topological polar surface area (TPSA) is 94.6 Å². The Labute approximate surface area is 315 Å². The van der Waals surface area contributed by atoms with E-state index in [0.29, 0.717) is 37.1 Å². The zero-order chi connectivity index (χ0) is 36.3. The molecule has 8 rings (SSSR count). The van der Waals surface area contributed by atoms with Crippen LogP contribution in [0, 0.1) is 17.8 Å². The van der Waals surface area contributed by atoms with Gasteiger partial charge in [-0.3, -0.25) is 19.3 Å². The fraction of sp³-hybridized carbons (Fsp3) is 0.659. The average molecular weight is 753 g/mol. The molecule has 2 N–H and O–H groups in total. The minimum Gasteiger partial charge on any atom is -0.490 e. The number of anilines is 1. The highest BCUT2D eigenvalue weighted by molar-refractivity contribution is 7.99. The van der Waals surface area contributed by atoms with Crippen molar-refractivity contribution in [1.29, 1.82) is 0 Å². The normalized spacial score (nSPS) is 36.4. The summed E-state index contributed by atoms with van der Waals surface area (Å²) in [5.74, 6) is 4.98. The van der Waals surface area contributed by atoms with Crippen LogP contribution in [0.1, 0.15) is 80.3 Å². The van der Waals surface area contributed by atoms with Crippen molar-refractivity contribution >= 4 is 38.8 Å². The van der Waals surface area contributed by atoms with Crippen molar-refractivity contribution in [2.75, 3.05) is 70.5 Å². The molecule has 4 aliphatic heterocycles. The minimum atomic E-state index is -2.94. The summed E-state index contributed by atoms with van der Waals surface area (Å²) in [7, 11) is -2.94. The quantitative estimate of drug-likeness (QED) is 0.416. The molecule has 2 aromatic rings. The number of aryl methyl sites for hydroxylation is 1. The second-order valence-corrected chi connectivity index (χ2v) is 19.9. The number of morpholine rings is 1. The number of fused-ring (bicyclic) bond motifs is 4. The van der Waals surface area contributed by atoms with E-state index in [1.54, 1.807) is 6.07 Å². The zero-order valence-corrected chi connectivity index (χ0v) is 32.6. The maximum absolute atomic E-state index is 14.0. The lowest BCUT2D eigenvalue weighted by atomic mass is 9.62. The van der Waals surface area contributed by atoms with Crippen molar-refractivity contribution < 1.29 is 23.6 Å². The highest BCUT2D eigenvalue weighted by atomic mass is 35.5. The van der Waals surface area contributed by atoms with Gasteiger partial charge in [0.15, 0.2) is 0 Å². The smallest absolute Gasteiger partial charge is 0.262 e. The second-order valence-electron chi connectivity index (χ2n) is 17.1. The molecule has 7 atom stereocenters. The first-order valence-electron chi connectivity index (χ1n) is 19.7. The number of amides is 1. The summed E-state index contributed by atoms with van der Waals surface area (Å²) in [6.45, 7) is 12.3. The Hall–Kier alpha value is -2.34. The van der Waals surface area contributed by atoms with Gasteiger partial charge in [-0.05, 0) is 117 Å². The molecule has 4 heterocycles. The maximum Gasteiger partial charge on any atom is 0.262 e. The molecule has 3 fully saturated rings. The van der Waals surface area contributed by atoms with E-state index in [1.165, 1.54) is 11.1 Å². The average Bonchev–Trinajstić information content (AvgIpc) is 3.24. The van der Waals surface area contributed by atoms with E-state index in [-0.39, 0.29) is 28.4 Å². The van der Waals surface area contributed by atoms with Gasteiger partial charge in [0.1, 0.15) is 5.75 Å². The third kappa shape index (κ3) is 7.01. The van der Waals surface area contributed by atoms with Gasteiger partial charge in [-0.2, -0.15) is 0 Å². The molecular weight excluding hydrogens is 696 g/mol. The molecule has 1 spiro atoms. The number of carbonyl (C=O) groups excluding carboxylic acids is 1. The molecule has 9 nitrogen and oxygen atoms in total. The van der Waals surface area contributed by atoms with E-state index >= 15 is 0 Å². The lowest BCUT2D eigenvalue weighted by molar-refractivity contribution is -0.126. The summed E-state index contributed by atoms with van der Waals surface area (Å²) in [4.78, 5) is 21.2. The first kappa shape index (κ1) is 36.6. The van der Waals surface area contributed by atoms with E-state index in [1.807, 2.05) is 25.1 Å². The summed E-state index contributed by atoms with van der Waals surface area (Å²) in [5, 5.41) is 13.3. The number of carbonyl (C=O) groups is 1. The monoisotopic (exact) mass is 752 g/mol. The van der Waals surface area contributed by atoms with Crippen LogP contribution >= 0.6 is 11.6 Å². The van der Waals surface area contributed by atoms with E-state index in [0.717, 1.165) is 114 Å². The summed E-state index contributed by atoms with van der Waals surface area (Å²) in [5.41, 5.74) is 2.87. The predicted octanol–water partition coefficient (Wildman–Crippen LogP) is 5.16. The Morgan fingerprint density at radius 3 is 2.62 bits per heavy atom. The van der Waals surface area contributed by atoms with Gasteiger partial charge in [-0.1, -0.05) is 31.0 Å². The Morgan fingerprint density at radius 1 is 1.04 bits per heavy atom. The van der Waals surface area contributed by atoms with Gasteiger partial charge < -0.3 is 19.5 Å². The third-order valence-electron chi connectivity index (χ3n) is 13.8. The van der Waals surface area contributed by atoms with Gasteiger partial charge in [-0.25, -0.2) is 4.21 Å². The molecule has 52 heavy (non-hydrogen) atoms. The van der Waals surface area contributed by atoms with Crippen LogP contribution in [0.15, 0.2) is 36.4 Å². The van der Waals surface area contributed by atoms with Crippen LogP contribution < -0.4 is 14.4 Å².